The van der Waals surface area contributed by atoms with Crippen molar-refractivity contribution in [3.05, 3.63) is 47.7 Å². The Morgan fingerprint density at radius 1 is 1.29 bits per heavy atom. The molecule has 0 saturated heterocycles. The average Bonchev–Trinajstić information content (AvgIpc) is 2.62. The maximum absolute atomic E-state index is 9.27. The number of hydrogen-bond donors (Lipinski definition) is 1. The number of nitrogens with zero attached hydrogens (tertiary/aromatic N) is 2. The van der Waals surface area contributed by atoms with Crippen LogP contribution in [0.15, 0.2) is 36.8 Å². The van der Waals surface area contributed by atoms with Crippen LogP contribution in [0.25, 0.3) is 5.32 Å². The van der Waals surface area contributed by atoms with Crippen LogP contribution in [-0.4, -0.2) is 29.3 Å². The Balaban J connectivity index is 2.21. The Labute approximate surface area is 146 Å². The summed E-state index contributed by atoms with van der Waals surface area (Å²) in [7, 11) is 0. The van der Waals surface area contributed by atoms with Gasteiger partial charge in [0, 0.05) is 18.9 Å². The number of ether oxygens (including phenoxy) is 1. The van der Waals surface area contributed by atoms with Gasteiger partial charge in [0.1, 0.15) is 0 Å². The van der Waals surface area contributed by atoms with E-state index in [2.05, 4.69) is 29.5 Å². The second kappa shape index (κ2) is 13.6. The van der Waals surface area contributed by atoms with Crippen molar-refractivity contribution in [3.8, 4) is 5.88 Å². The Bertz CT molecular complexity index is 467. The van der Waals surface area contributed by atoms with Gasteiger partial charge in [0.25, 0.3) is 0 Å². The normalized spacial score (nSPS) is 11.6. The summed E-state index contributed by atoms with van der Waals surface area (Å²) in [5.74, 6) is 0.685. The van der Waals surface area contributed by atoms with E-state index in [1.165, 1.54) is 38.3 Å². The van der Waals surface area contributed by atoms with Gasteiger partial charge in [-0.3, -0.25) is 0 Å². The maximum Gasteiger partial charge on any atom is 0.213 e. The summed E-state index contributed by atoms with van der Waals surface area (Å²) in [4.78, 5) is 4.35. The van der Waals surface area contributed by atoms with Crippen molar-refractivity contribution in [2.45, 2.75) is 64.3 Å². The van der Waals surface area contributed by atoms with Gasteiger partial charge in [-0.25, -0.2) is 4.98 Å². The van der Waals surface area contributed by atoms with Gasteiger partial charge in [0.15, 0.2) is 0 Å². The Kier molecular flexibility index (Phi) is 11.5. The van der Waals surface area contributed by atoms with E-state index in [0.717, 1.165) is 31.4 Å². The number of aromatic nitrogens is 1. The lowest BCUT2D eigenvalue weighted by atomic mass is 10.1. The summed E-state index contributed by atoms with van der Waals surface area (Å²) in [5.41, 5.74) is 3.72. The van der Waals surface area contributed by atoms with Crippen LogP contribution in [0.1, 0.15) is 57.4 Å². The third-order valence-corrected chi connectivity index (χ3v) is 3.90. The molecule has 134 valence electrons. The lowest BCUT2D eigenvalue weighted by Crippen LogP contribution is -2.11. The summed E-state index contributed by atoms with van der Waals surface area (Å²) in [6.45, 7) is 6.46. The number of aliphatic hydroxyl groups is 1. The number of hydrogen-bond acceptors (Lipinski definition) is 3. The van der Waals surface area contributed by atoms with Crippen molar-refractivity contribution in [2.24, 2.45) is 0 Å². The van der Waals surface area contributed by atoms with E-state index in [-0.39, 0.29) is 12.6 Å². The number of rotatable bonds is 14. The standard InChI is InChI=1S/C20H31N2O2/c1-3-5-6-7-8-9-15-24-20-13-11-18(16-22-20)10-12-19(17-23)21-14-4-2/h11,13-14,16,19,23H,2-3,5-10,12,15,17H2,1H3/q-1. The van der Waals surface area contributed by atoms with Crippen molar-refractivity contribution < 1.29 is 9.84 Å². The molecule has 1 unspecified atom stereocenters. The Morgan fingerprint density at radius 2 is 2.08 bits per heavy atom. The number of unbranched alkanes of at least 4 members (excludes halogenated alkanes) is 5. The minimum Gasteiger partial charge on any atom is -0.680 e. The first-order chi connectivity index (χ1) is 11.8. The molecule has 1 atom stereocenters. The fraction of sp³-hybridized carbons (Fsp3) is 0.600. The molecule has 0 saturated carbocycles. The lowest BCUT2D eigenvalue weighted by Gasteiger charge is -2.26. The van der Waals surface area contributed by atoms with Crippen LogP contribution in [0, 0.1) is 0 Å². The zero-order valence-corrected chi connectivity index (χ0v) is 14.9. The third kappa shape index (κ3) is 9.39. The van der Waals surface area contributed by atoms with E-state index in [1.54, 1.807) is 0 Å². The molecule has 1 heterocycles. The second-order valence-corrected chi connectivity index (χ2v) is 5.98. The first-order valence-electron chi connectivity index (χ1n) is 9.03. The van der Waals surface area contributed by atoms with Gasteiger partial charge in [-0.05, 0) is 18.4 Å². The molecule has 0 aromatic carbocycles. The van der Waals surface area contributed by atoms with E-state index in [0.29, 0.717) is 5.88 Å². The largest absolute Gasteiger partial charge is 0.680 e. The summed E-state index contributed by atoms with van der Waals surface area (Å²) < 4.78 is 5.68. The molecule has 0 aliphatic carbocycles. The molecular formula is C20H31N2O2-. The van der Waals surface area contributed by atoms with Crippen LogP contribution < -0.4 is 4.74 Å². The lowest BCUT2D eigenvalue weighted by molar-refractivity contribution is 0.273. The molecule has 0 fully saturated rings. The summed E-state index contributed by atoms with van der Waals surface area (Å²) in [6.07, 6.45) is 12.5. The fourth-order valence-electron chi connectivity index (χ4n) is 2.41. The zero-order valence-electron chi connectivity index (χ0n) is 14.9. The fourth-order valence-corrected chi connectivity index (χ4v) is 2.41. The van der Waals surface area contributed by atoms with E-state index < -0.39 is 0 Å². The second-order valence-electron chi connectivity index (χ2n) is 5.98. The number of aryl methyl sites for hydroxylation is 1. The van der Waals surface area contributed by atoms with E-state index in [4.69, 9.17) is 4.74 Å². The van der Waals surface area contributed by atoms with Crippen LogP contribution in [0.4, 0.5) is 0 Å². The van der Waals surface area contributed by atoms with Gasteiger partial charge in [-0.1, -0.05) is 64.1 Å². The molecule has 0 aliphatic heterocycles. The highest BCUT2D eigenvalue weighted by Crippen LogP contribution is 2.14. The minimum atomic E-state index is -0.108. The molecule has 0 radical (unpaired) electrons. The molecule has 4 nitrogen and oxygen atoms in total. The maximum atomic E-state index is 9.27. The van der Waals surface area contributed by atoms with E-state index >= 15 is 0 Å². The zero-order chi connectivity index (χ0) is 17.5. The molecule has 0 aliphatic rings. The van der Waals surface area contributed by atoms with Crippen LogP contribution in [-0.2, 0) is 6.42 Å². The Hall–Kier alpha value is -1.77. The smallest absolute Gasteiger partial charge is 0.213 e. The van der Waals surface area contributed by atoms with Gasteiger partial charge in [0.2, 0.25) is 5.88 Å². The van der Waals surface area contributed by atoms with E-state index in [1.807, 2.05) is 18.3 Å². The predicted molar refractivity (Wildman–Crippen MR) is 99.4 cm³/mol. The summed E-state index contributed by atoms with van der Waals surface area (Å²) >= 11 is 0. The molecular weight excluding hydrogens is 300 g/mol. The molecule has 24 heavy (non-hydrogen) atoms. The molecule has 1 aromatic heterocycles. The first kappa shape index (κ1) is 20.3. The van der Waals surface area contributed by atoms with Gasteiger partial charge >= 0.3 is 0 Å². The SMILES string of the molecule is C=C=C[N-]C(CO)CCc1ccc(OCCCCCCCC)nc1. The molecule has 0 spiro atoms. The first-order valence-corrected chi connectivity index (χ1v) is 9.03. The predicted octanol–water partition coefficient (Wildman–Crippen LogP) is 4.79. The highest BCUT2D eigenvalue weighted by atomic mass is 16.5. The van der Waals surface area contributed by atoms with Gasteiger partial charge in [-0.15, -0.1) is 6.20 Å². The highest BCUT2D eigenvalue weighted by Gasteiger charge is 2.00. The monoisotopic (exact) mass is 331 g/mol. The molecule has 1 rings (SSSR count). The van der Waals surface area contributed by atoms with Gasteiger partial charge < -0.3 is 15.2 Å². The van der Waals surface area contributed by atoms with Crippen molar-refractivity contribution in [2.75, 3.05) is 13.2 Å². The van der Waals surface area contributed by atoms with Gasteiger partial charge in [-0.2, -0.15) is 5.73 Å². The highest BCUT2D eigenvalue weighted by molar-refractivity contribution is 5.18. The minimum absolute atomic E-state index is 0.0328. The van der Waals surface area contributed by atoms with Crippen molar-refractivity contribution >= 4 is 0 Å². The molecule has 4 heteroatoms. The third-order valence-electron chi connectivity index (χ3n) is 3.90. The quantitative estimate of drug-likeness (QED) is 0.394. The molecule has 1 aromatic rings. The van der Waals surface area contributed by atoms with Crippen LogP contribution in [0.3, 0.4) is 0 Å². The number of aliphatic hydroxyl groups excluding tert-OH is 1. The van der Waals surface area contributed by atoms with Crippen LogP contribution >= 0.6 is 0 Å². The summed E-state index contributed by atoms with van der Waals surface area (Å²) in [6, 6.07) is 3.84. The van der Waals surface area contributed by atoms with Crippen LogP contribution in [0.5, 0.6) is 5.88 Å². The van der Waals surface area contributed by atoms with Crippen molar-refractivity contribution in [3.63, 3.8) is 0 Å². The molecule has 0 bridgehead atoms. The topological polar surface area (TPSA) is 56.5 Å². The Morgan fingerprint density at radius 3 is 2.75 bits per heavy atom. The van der Waals surface area contributed by atoms with Crippen LogP contribution in [0.2, 0.25) is 0 Å². The average molecular weight is 331 g/mol. The summed E-state index contributed by atoms with van der Waals surface area (Å²) in [5, 5.41) is 13.4. The molecule has 1 N–H and O–H groups in total. The van der Waals surface area contributed by atoms with Crippen molar-refractivity contribution in [1.82, 2.24) is 4.98 Å². The molecule has 0 amide bonds. The van der Waals surface area contributed by atoms with Gasteiger partial charge in [0.05, 0.1) is 6.61 Å². The van der Waals surface area contributed by atoms with E-state index in [9.17, 15) is 5.11 Å². The number of pyridine rings is 1. The van der Waals surface area contributed by atoms with Crippen molar-refractivity contribution in [1.29, 1.82) is 0 Å².